The number of ether oxygens (including phenoxy) is 1. The molecular weight excluding hydrogens is 314 g/mol. The summed E-state index contributed by atoms with van der Waals surface area (Å²) < 4.78 is 4.93. The quantitative estimate of drug-likeness (QED) is 0.322. The minimum atomic E-state index is -0.533. The fourth-order valence-corrected chi connectivity index (χ4v) is 3.54. The highest BCUT2D eigenvalue weighted by atomic mass is 16.5. The summed E-state index contributed by atoms with van der Waals surface area (Å²) in [5.74, 6) is 0.0563. The summed E-state index contributed by atoms with van der Waals surface area (Å²) >= 11 is 0. The zero-order valence-corrected chi connectivity index (χ0v) is 17.2. The van der Waals surface area contributed by atoms with E-state index in [0.717, 1.165) is 12.8 Å². The van der Waals surface area contributed by atoms with Crippen molar-refractivity contribution in [2.75, 3.05) is 7.11 Å². The minimum absolute atomic E-state index is 0.101. The molecule has 0 aliphatic heterocycles. The summed E-state index contributed by atoms with van der Waals surface area (Å²) in [5, 5.41) is 2.81. The lowest BCUT2D eigenvalue weighted by Crippen LogP contribution is -2.47. The zero-order chi connectivity index (χ0) is 19.1. The fourth-order valence-electron chi connectivity index (χ4n) is 3.54. The van der Waals surface area contributed by atoms with Crippen molar-refractivity contribution in [2.45, 2.75) is 104 Å². The van der Waals surface area contributed by atoms with Gasteiger partial charge in [-0.1, -0.05) is 91.4 Å². The number of unbranched alkanes of at least 4 members (excludes halogenated alkanes) is 7. The predicted octanol–water partition coefficient (Wildman–Crippen LogP) is 5.25. The average molecular weight is 356 g/mol. The first-order valence-corrected chi connectivity index (χ1v) is 10.3. The Bertz CT molecular complexity index is 357. The highest BCUT2D eigenvalue weighted by molar-refractivity contribution is 5.83. The highest BCUT2D eigenvalue weighted by Crippen LogP contribution is 2.28. The van der Waals surface area contributed by atoms with E-state index in [1.54, 1.807) is 0 Å². The van der Waals surface area contributed by atoms with Crippen molar-refractivity contribution in [1.29, 1.82) is 0 Å². The molecule has 1 N–H and O–H groups in total. The second-order valence-corrected chi connectivity index (χ2v) is 7.37. The Hall–Kier alpha value is -1.06. The molecule has 0 fully saturated rings. The first-order chi connectivity index (χ1) is 12.0. The third-order valence-corrected chi connectivity index (χ3v) is 5.19. The van der Waals surface area contributed by atoms with Crippen LogP contribution in [-0.4, -0.2) is 25.0 Å². The van der Waals surface area contributed by atoms with Gasteiger partial charge < -0.3 is 10.1 Å². The number of esters is 1. The number of hydrogen-bond donors (Lipinski definition) is 1. The number of methoxy groups -OCH3 is 1. The molecule has 1 amide bonds. The number of amides is 1. The molecule has 0 aliphatic carbocycles. The van der Waals surface area contributed by atoms with Crippen LogP contribution in [0.4, 0.5) is 0 Å². The van der Waals surface area contributed by atoms with E-state index in [1.807, 2.05) is 0 Å². The van der Waals surface area contributed by atoms with E-state index in [-0.39, 0.29) is 17.8 Å². The van der Waals surface area contributed by atoms with Crippen LogP contribution in [0.2, 0.25) is 0 Å². The van der Waals surface area contributed by atoms with Crippen LogP contribution in [0.25, 0.3) is 0 Å². The molecule has 0 radical (unpaired) electrons. The predicted molar refractivity (Wildman–Crippen MR) is 104 cm³/mol. The van der Waals surface area contributed by atoms with Crippen LogP contribution >= 0.6 is 0 Å². The van der Waals surface area contributed by atoms with Crippen molar-refractivity contribution < 1.29 is 14.3 Å². The molecule has 25 heavy (non-hydrogen) atoms. The fraction of sp³-hybridized carbons (Fsp3) is 0.905. The Morgan fingerprint density at radius 3 is 1.80 bits per heavy atom. The second kappa shape index (κ2) is 15.2. The van der Waals surface area contributed by atoms with Gasteiger partial charge in [0.1, 0.15) is 6.04 Å². The van der Waals surface area contributed by atoms with Crippen LogP contribution < -0.4 is 5.32 Å². The van der Waals surface area contributed by atoms with Crippen molar-refractivity contribution in [3.05, 3.63) is 0 Å². The summed E-state index contributed by atoms with van der Waals surface area (Å²) in [4.78, 5) is 23.7. The third-order valence-electron chi connectivity index (χ3n) is 5.19. The maximum absolute atomic E-state index is 12.1. The summed E-state index contributed by atoms with van der Waals surface area (Å²) in [5.41, 5.74) is 0. The maximum Gasteiger partial charge on any atom is 0.328 e. The van der Waals surface area contributed by atoms with Gasteiger partial charge in [-0.3, -0.25) is 4.79 Å². The lowest BCUT2D eigenvalue weighted by Gasteiger charge is -2.30. The molecule has 0 rings (SSSR count). The lowest BCUT2D eigenvalue weighted by atomic mass is 9.80. The Morgan fingerprint density at radius 1 is 0.880 bits per heavy atom. The molecule has 0 aromatic rings. The first-order valence-electron chi connectivity index (χ1n) is 10.3. The summed E-state index contributed by atoms with van der Waals surface area (Å²) in [7, 11) is 1.39. The molecule has 148 valence electrons. The average Bonchev–Trinajstić information content (AvgIpc) is 2.59. The van der Waals surface area contributed by atoms with Crippen LogP contribution in [0.15, 0.2) is 0 Å². The normalized spacial score (nSPS) is 14.6. The molecule has 3 atom stereocenters. The molecule has 0 saturated carbocycles. The maximum atomic E-state index is 12.1. The van der Waals surface area contributed by atoms with Crippen LogP contribution in [0.3, 0.4) is 0 Å². The Kier molecular flexibility index (Phi) is 14.6. The van der Waals surface area contributed by atoms with Crippen LogP contribution in [0, 0.1) is 11.8 Å². The van der Waals surface area contributed by atoms with Crippen LogP contribution in [0.1, 0.15) is 98.3 Å². The first kappa shape index (κ1) is 23.9. The van der Waals surface area contributed by atoms with Gasteiger partial charge in [0.05, 0.1) is 7.11 Å². The van der Waals surface area contributed by atoms with E-state index in [2.05, 4.69) is 26.1 Å². The van der Waals surface area contributed by atoms with Crippen molar-refractivity contribution in [3.8, 4) is 0 Å². The second-order valence-electron chi connectivity index (χ2n) is 7.37. The van der Waals surface area contributed by atoms with Gasteiger partial charge in [-0.05, 0) is 11.8 Å². The van der Waals surface area contributed by atoms with Crippen LogP contribution in [0.5, 0.6) is 0 Å². The van der Waals surface area contributed by atoms with E-state index >= 15 is 0 Å². The van der Waals surface area contributed by atoms with E-state index in [0.29, 0.717) is 5.92 Å². The minimum Gasteiger partial charge on any atom is -0.467 e. The van der Waals surface area contributed by atoms with Crippen molar-refractivity contribution in [3.63, 3.8) is 0 Å². The molecular formula is C21H41NO3. The van der Waals surface area contributed by atoms with Gasteiger partial charge in [0, 0.05) is 6.92 Å². The Morgan fingerprint density at radius 2 is 1.36 bits per heavy atom. The lowest BCUT2D eigenvalue weighted by molar-refractivity contribution is -0.147. The number of nitrogens with one attached hydrogen (secondary N) is 1. The van der Waals surface area contributed by atoms with Crippen molar-refractivity contribution >= 4 is 11.9 Å². The van der Waals surface area contributed by atoms with Crippen LogP contribution in [-0.2, 0) is 14.3 Å². The summed E-state index contributed by atoms with van der Waals surface area (Å²) in [6, 6.07) is -0.533. The largest absolute Gasteiger partial charge is 0.467 e. The molecule has 0 saturated heterocycles. The van der Waals surface area contributed by atoms with E-state index in [9.17, 15) is 9.59 Å². The molecule has 0 spiro atoms. The van der Waals surface area contributed by atoms with E-state index in [1.165, 1.54) is 71.8 Å². The molecule has 0 aromatic heterocycles. The van der Waals surface area contributed by atoms with Crippen molar-refractivity contribution in [2.24, 2.45) is 11.8 Å². The monoisotopic (exact) mass is 355 g/mol. The number of hydrogen-bond acceptors (Lipinski definition) is 3. The van der Waals surface area contributed by atoms with Gasteiger partial charge in [0.15, 0.2) is 0 Å². The highest BCUT2D eigenvalue weighted by Gasteiger charge is 2.32. The van der Waals surface area contributed by atoms with Gasteiger partial charge in [-0.2, -0.15) is 0 Å². The Labute approximate surface area is 155 Å². The van der Waals surface area contributed by atoms with Gasteiger partial charge >= 0.3 is 5.97 Å². The zero-order valence-electron chi connectivity index (χ0n) is 17.2. The van der Waals surface area contributed by atoms with Gasteiger partial charge in [-0.25, -0.2) is 4.79 Å². The number of carbonyl (C=O) groups is 2. The van der Waals surface area contributed by atoms with Gasteiger partial charge in [0.2, 0.25) is 5.91 Å². The molecule has 0 bridgehead atoms. The molecule has 4 nitrogen and oxygen atoms in total. The van der Waals surface area contributed by atoms with E-state index in [4.69, 9.17) is 4.74 Å². The number of carbonyl (C=O) groups excluding carboxylic acids is 2. The molecule has 0 heterocycles. The van der Waals surface area contributed by atoms with E-state index < -0.39 is 6.04 Å². The standard InChI is InChI=1S/C21H41NO3/c1-6-8-10-12-14-16-19(15-13-11-9-7-2)17(3)20(21(24)25-5)22-18(4)23/h17,19-20H,6-16H2,1-5H3,(H,22,23). The number of rotatable bonds is 15. The molecule has 3 unspecified atom stereocenters. The smallest absolute Gasteiger partial charge is 0.328 e. The molecule has 0 aliphatic rings. The molecule has 0 aromatic carbocycles. The summed E-state index contributed by atoms with van der Waals surface area (Å²) in [6.07, 6.45) is 13.5. The van der Waals surface area contributed by atoms with Gasteiger partial charge in [-0.15, -0.1) is 0 Å². The summed E-state index contributed by atoms with van der Waals surface area (Å²) in [6.45, 7) is 8.00. The SMILES string of the molecule is CCCCCCCC(CCCCCC)C(C)C(NC(C)=O)C(=O)OC. The molecule has 4 heteroatoms. The Balaban J connectivity index is 4.78. The van der Waals surface area contributed by atoms with Gasteiger partial charge in [0.25, 0.3) is 0 Å². The van der Waals surface area contributed by atoms with Crippen molar-refractivity contribution in [1.82, 2.24) is 5.32 Å². The topological polar surface area (TPSA) is 55.4 Å². The third kappa shape index (κ3) is 11.2.